The van der Waals surface area contributed by atoms with Gasteiger partial charge in [-0.15, -0.1) is 0 Å². The summed E-state index contributed by atoms with van der Waals surface area (Å²) in [5.41, 5.74) is 2.51. The third kappa shape index (κ3) is 2.13. The number of halogens is 1. The highest BCUT2D eigenvalue weighted by atomic mass is 79.9. The molecule has 1 aliphatic heterocycles. The molecule has 86 valence electrons. The zero-order valence-corrected chi connectivity index (χ0v) is 11.0. The van der Waals surface area contributed by atoms with Crippen LogP contribution in [-0.2, 0) is 22.5 Å². The average Bonchev–Trinajstić information content (AvgIpc) is 2.28. The molecule has 2 rings (SSSR count). The largest absolute Gasteiger partial charge is 0.468 e. The van der Waals surface area contributed by atoms with Crippen LogP contribution in [0.3, 0.4) is 0 Å². The summed E-state index contributed by atoms with van der Waals surface area (Å²) in [6.07, 6.45) is 0.720. The molecular formula is C12H14BrNO2. The molecule has 0 amide bonds. The van der Waals surface area contributed by atoms with Gasteiger partial charge in [-0.2, -0.15) is 0 Å². The van der Waals surface area contributed by atoms with E-state index in [4.69, 9.17) is 4.74 Å². The van der Waals surface area contributed by atoms with Crippen molar-refractivity contribution in [2.75, 3.05) is 14.2 Å². The van der Waals surface area contributed by atoms with Crippen molar-refractivity contribution < 1.29 is 9.53 Å². The first-order chi connectivity index (χ1) is 7.61. The van der Waals surface area contributed by atoms with Crippen LogP contribution in [0.15, 0.2) is 22.7 Å². The molecule has 0 radical (unpaired) electrons. The molecule has 0 saturated heterocycles. The molecule has 0 fully saturated rings. The molecule has 0 N–H and O–H groups in total. The van der Waals surface area contributed by atoms with Crippen molar-refractivity contribution in [2.24, 2.45) is 0 Å². The standard InChI is InChI=1S/C12H14BrNO2/c1-14-7-8-3-4-10(13)5-9(8)6-11(14)12(15)16-2/h3-5,11H,6-7H2,1-2H3. The Morgan fingerprint density at radius 3 is 2.94 bits per heavy atom. The van der Waals surface area contributed by atoms with Crippen LogP contribution in [-0.4, -0.2) is 31.1 Å². The highest BCUT2D eigenvalue weighted by Crippen LogP contribution is 2.25. The van der Waals surface area contributed by atoms with Gasteiger partial charge in [0.1, 0.15) is 6.04 Å². The molecule has 0 saturated carbocycles. The van der Waals surface area contributed by atoms with Gasteiger partial charge < -0.3 is 4.74 Å². The van der Waals surface area contributed by atoms with E-state index in [1.165, 1.54) is 18.2 Å². The molecule has 0 bridgehead atoms. The van der Waals surface area contributed by atoms with Gasteiger partial charge in [0.25, 0.3) is 0 Å². The van der Waals surface area contributed by atoms with Crippen molar-refractivity contribution in [1.82, 2.24) is 4.90 Å². The molecule has 1 heterocycles. The van der Waals surface area contributed by atoms with E-state index < -0.39 is 0 Å². The summed E-state index contributed by atoms with van der Waals surface area (Å²) in [7, 11) is 3.39. The first-order valence-electron chi connectivity index (χ1n) is 5.17. The fraction of sp³-hybridized carbons (Fsp3) is 0.417. The number of fused-ring (bicyclic) bond motifs is 1. The minimum absolute atomic E-state index is 0.159. The molecule has 0 spiro atoms. The first kappa shape index (κ1) is 11.6. The van der Waals surface area contributed by atoms with E-state index in [9.17, 15) is 4.79 Å². The number of benzene rings is 1. The van der Waals surface area contributed by atoms with Crippen molar-refractivity contribution in [3.8, 4) is 0 Å². The number of carbonyl (C=O) groups excluding carboxylic acids is 1. The van der Waals surface area contributed by atoms with Crippen LogP contribution in [0.2, 0.25) is 0 Å². The lowest BCUT2D eigenvalue weighted by molar-refractivity contribution is -0.147. The fourth-order valence-electron chi connectivity index (χ4n) is 2.08. The predicted molar refractivity (Wildman–Crippen MR) is 65.1 cm³/mol. The summed E-state index contributed by atoms with van der Waals surface area (Å²) < 4.78 is 5.87. The van der Waals surface area contributed by atoms with Gasteiger partial charge in [-0.3, -0.25) is 9.69 Å². The number of rotatable bonds is 1. The molecule has 16 heavy (non-hydrogen) atoms. The Balaban J connectivity index is 2.29. The third-order valence-electron chi connectivity index (χ3n) is 3.01. The molecule has 0 aromatic heterocycles. The van der Waals surface area contributed by atoms with Crippen LogP contribution < -0.4 is 0 Å². The molecule has 4 heteroatoms. The van der Waals surface area contributed by atoms with Crippen molar-refractivity contribution in [2.45, 2.75) is 19.0 Å². The van der Waals surface area contributed by atoms with Crippen molar-refractivity contribution >= 4 is 21.9 Å². The first-order valence-corrected chi connectivity index (χ1v) is 5.96. The van der Waals surface area contributed by atoms with Gasteiger partial charge in [0.05, 0.1) is 7.11 Å². The number of ether oxygens (including phenoxy) is 1. The zero-order valence-electron chi connectivity index (χ0n) is 9.37. The molecule has 1 aromatic rings. The summed E-state index contributed by atoms with van der Waals surface area (Å²) in [5, 5.41) is 0. The van der Waals surface area contributed by atoms with E-state index in [2.05, 4.69) is 28.1 Å². The van der Waals surface area contributed by atoms with Crippen molar-refractivity contribution in [1.29, 1.82) is 0 Å². The Kier molecular flexibility index (Phi) is 3.30. The summed E-state index contributed by atoms with van der Waals surface area (Å²) in [4.78, 5) is 13.6. The number of hydrogen-bond donors (Lipinski definition) is 0. The summed E-state index contributed by atoms with van der Waals surface area (Å²) in [6, 6.07) is 6.05. The molecule has 3 nitrogen and oxygen atoms in total. The van der Waals surface area contributed by atoms with Gasteiger partial charge in [-0.25, -0.2) is 0 Å². The number of nitrogens with zero attached hydrogens (tertiary/aromatic N) is 1. The van der Waals surface area contributed by atoms with E-state index >= 15 is 0 Å². The SMILES string of the molecule is COC(=O)C1Cc2cc(Br)ccc2CN1C. The lowest BCUT2D eigenvalue weighted by Gasteiger charge is -2.32. The second-order valence-corrected chi connectivity index (χ2v) is 4.99. The minimum atomic E-state index is -0.160. The number of methoxy groups -OCH3 is 1. The minimum Gasteiger partial charge on any atom is -0.468 e. The van der Waals surface area contributed by atoms with E-state index in [0.29, 0.717) is 0 Å². The molecule has 0 aliphatic carbocycles. The Hall–Kier alpha value is -0.870. The summed E-state index contributed by atoms with van der Waals surface area (Å²) in [5.74, 6) is -0.159. The Morgan fingerprint density at radius 1 is 1.50 bits per heavy atom. The lowest BCUT2D eigenvalue weighted by Crippen LogP contribution is -2.43. The topological polar surface area (TPSA) is 29.5 Å². The zero-order chi connectivity index (χ0) is 11.7. The highest BCUT2D eigenvalue weighted by Gasteiger charge is 2.29. The van der Waals surface area contributed by atoms with E-state index in [1.807, 2.05) is 18.0 Å². The third-order valence-corrected chi connectivity index (χ3v) is 3.50. The van der Waals surface area contributed by atoms with E-state index in [-0.39, 0.29) is 12.0 Å². The van der Waals surface area contributed by atoms with Crippen LogP contribution in [0, 0.1) is 0 Å². The van der Waals surface area contributed by atoms with E-state index in [1.54, 1.807) is 0 Å². The second-order valence-electron chi connectivity index (χ2n) is 4.07. The number of hydrogen-bond acceptors (Lipinski definition) is 3. The lowest BCUT2D eigenvalue weighted by atomic mass is 9.94. The monoisotopic (exact) mass is 283 g/mol. The van der Waals surface area contributed by atoms with Crippen LogP contribution in [0.25, 0.3) is 0 Å². The van der Waals surface area contributed by atoms with Crippen molar-refractivity contribution in [3.05, 3.63) is 33.8 Å². The Morgan fingerprint density at radius 2 is 2.25 bits per heavy atom. The van der Waals surface area contributed by atoms with E-state index in [0.717, 1.165) is 17.4 Å². The van der Waals surface area contributed by atoms with Gasteiger partial charge in [-0.1, -0.05) is 22.0 Å². The van der Waals surface area contributed by atoms with Crippen LogP contribution in [0.4, 0.5) is 0 Å². The maximum absolute atomic E-state index is 11.6. The molecule has 1 aliphatic rings. The number of likely N-dealkylation sites (N-methyl/N-ethyl adjacent to an activating group) is 1. The van der Waals surface area contributed by atoms with Gasteiger partial charge in [0.2, 0.25) is 0 Å². The van der Waals surface area contributed by atoms with Crippen LogP contribution in [0.5, 0.6) is 0 Å². The average molecular weight is 284 g/mol. The molecule has 1 atom stereocenters. The smallest absolute Gasteiger partial charge is 0.323 e. The quantitative estimate of drug-likeness (QED) is 0.739. The fourth-order valence-corrected chi connectivity index (χ4v) is 2.49. The normalized spacial score (nSPS) is 20.3. The van der Waals surface area contributed by atoms with Gasteiger partial charge >= 0.3 is 5.97 Å². The summed E-state index contributed by atoms with van der Waals surface area (Å²) in [6.45, 7) is 0.794. The van der Waals surface area contributed by atoms with Crippen molar-refractivity contribution in [3.63, 3.8) is 0 Å². The maximum atomic E-state index is 11.6. The Labute approximate surface area is 104 Å². The van der Waals surface area contributed by atoms with Crippen LogP contribution in [0.1, 0.15) is 11.1 Å². The summed E-state index contributed by atoms with van der Waals surface area (Å²) >= 11 is 3.45. The van der Waals surface area contributed by atoms with Gasteiger partial charge in [0, 0.05) is 11.0 Å². The second kappa shape index (κ2) is 4.55. The molecular weight excluding hydrogens is 270 g/mol. The number of carbonyl (C=O) groups is 1. The predicted octanol–water partition coefficient (Wildman–Crippen LogP) is 1.98. The van der Waals surface area contributed by atoms with Gasteiger partial charge in [-0.05, 0) is 36.7 Å². The molecule has 1 aromatic carbocycles. The Bertz CT molecular complexity index is 419. The molecule has 1 unspecified atom stereocenters. The van der Waals surface area contributed by atoms with Gasteiger partial charge in [0.15, 0.2) is 0 Å². The highest BCUT2D eigenvalue weighted by molar-refractivity contribution is 9.10. The van der Waals surface area contributed by atoms with Crippen LogP contribution >= 0.6 is 15.9 Å². The maximum Gasteiger partial charge on any atom is 0.323 e. The number of esters is 1.